The Hall–Kier alpha value is -3.90. The van der Waals surface area contributed by atoms with Crippen LogP contribution in [0.25, 0.3) is 22.1 Å². The molecule has 0 aliphatic heterocycles. The van der Waals surface area contributed by atoms with Crippen LogP contribution in [-0.4, -0.2) is 25.1 Å². The van der Waals surface area contributed by atoms with Crippen LogP contribution in [0, 0.1) is 0 Å². The number of anilines is 1. The van der Waals surface area contributed by atoms with Gasteiger partial charge < -0.3 is 19.2 Å². The summed E-state index contributed by atoms with van der Waals surface area (Å²) in [5.74, 6) is -1.09. The predicted molar refractivity (Wildman–Crippen MR) is 122 cm³/mol. The molecule has 0 atom stereocenters. The number of hydrogen-bond acceptors (Lipinski definition) is 5. The van der Waals surface area contributed by atoms with E-state index < -0.39 is 18.5 Å². The largest absolute Gasteiger partial charge is 0.450 e. The summed E-state index contributed by atoms with van der Waals surface area (Å²) >= 11 is 0. The number of hydrogen-bond donors (Lipinski definition) is 1. The van der Waals surface area contributed by atoms with Gasteiger partial charge in [0.15, 0.2) is 6.61 Å². The van der Waals surface area contributed by atoms with Gasteiger partial charge in [-0.25, -0.2) is 4.79 Å². The molecule has 1 N–H and O–H groups in total. The van der Waals surface area contributed by atoms with Gasteiger partial charge in [0.1, 0.15) is 5.58 Å². The number of para-hydroxylation sites is 2. The highest BCUT2D eigenvalue weighted by Gasteiger charge is 2.22. The second-order valence-electron chi connectivity index (χ2n) is 7.08. The van der Waals surface area contributed by atoms with Gasteiger partial charge in [-0.15, -0.1) is 0 Å². The van der Waals surface area contributed by atoms with E-state index in [2.05, 4.69) is 5.32 Å². The first-order valence-electron chi connectivity index (χ1n) is 10.4. The standard InChI is InChI=1S/C26H23NO5/c1-2-30-16-21-20-13-7-9-15-23(20)32-25(21)26(29)31-17-24(28)27-22-14-8-6-12-19(22)18-10-4-3-5-11-18/h3-15H,2,16-17H2,1H3,(H,27,28). The summed E-state index contributed by atoms with van der Waals surface area (Å²) in [6.07, 6.45) is 0. The zero-order valence-electron chi connectivity index (χ0n) is 17.7. The molecule has 1 heterocycles. The fraction of sp³-hybridized carbons (Fsp3) is 0.154. The molecular weight excluding hydrogens is 406 g/mol. The molecular formula is C26H23NO5. The van der Waals surface area contributed by atoms with Gasteiger partial charge >= 0.3 is 5.97 Å². The van der Waals surface area contributed by atoms with Crippen molar-refractivity contribution in [1.82, 2.24) is 0 Å². The maximum atomic E-state index is 12.7. The summed E-state index contributed by atoms with van der Waals surface area (Å²) in [5, 5.41) is 3.61. The lowest BCUT2D eigenvalue weighted by Crippen LogP contribution is -2.21. The monoisotopic (exact) mass is 429 g/mol. The Kier molecular flexibility index (Phi) is 6.63. The first-order valence-corrected chi connectivity index (χ1v) is 10.4. The summed E-state index contributed by atoms with van der Waals surface area (Å²) < 4.78 is 16.4. The van der Waals surface area contributed by atoms with Crippen molar-refractivity contribution < 1.29 is 23.5 Å². The first kappa shape index (κ1) is 21.3. The van der Waals surface area contributed by atoms with Crippen LogP contribution in [0.3, 0.4) is 0 Å². The van der Waals surface area contributed by atoms with Crippen LogP contribution in [0.2, 0.25) is 0 Å². The molecule has 0 unspecified atom stereocenters. The molecule has 3 aromatic carbocycles. The van der Waals surface area contributed by atoms with E-state index in [9.17, 15) is 9.59 Å². The molecule has 162 valence electrons. The normalized spacial score (nSPS) is 10.8. The lowest BCUT2D eigenvalue weighted by molar-refractivity contribution is -0.119. The average Bonchev–Trinajstić information content (AvgIpc) is 3.21. The highest BCUT2D eigenvalue weighted by Crippen LogP contribution is 2.28. The van der Waals surface area contributed by atoms with Gasteiger partial charge in [-0.1, -0.05) is 66.7 Å². The van der Waals surface area contributed by atoms with E-state index in [0.717, 1.165) is 16.5 Å². The SMILES string of the molecule is CCOCc1c(C(=O)OCC(=O)Nc2ccccc2-c2ccccc2)oc2ccccc12. The number of fused-ring (bicyclic) bond motifs is 1. The smallest absolute Gasteiger partial charge is 0.375 e. The van der Waals surface area contributed by atoms with Gasteiger partial charge in [-0.05, 0) is 24.6 Å². The van der Waals surface area contributed by atoms with Crippen LogP contribution in [-0.2, 0) is 20.9 Å². The van der Waals surface area contributed by atoms with Crippen LogP contribution >= 0.6 is 0 Å². The third-order valence-corrected chi connectivity index (χ3v) is 4.95. The van der Waals surface area contributed by atoms with Crippen molar-refractivity contribution in [2.75, 3.05) is 18.5 Å². The Morgan fingerprint density at radius 3 is 2.44 bits per heavy atom. The summed E-state index contributed by atoms with van der Waals surface area (Å²) in [6.45, 7) is 2.15. The van der Waals surface area contributed by atoms with E-state index in [1.54, 1.807) is 6.07 Å². The third-order valence-electron chi connectivity index (χ3n) is 4.95. The summed E-state index contributed by atoms with van der Waals surface area (Å²) in [7, 11) is 0. The van der Waals surface area contributed by atoms with E-state index in [-0.39, 0.29) is 12.4 Å². The lowest BCUT2D eigenvalue weighted by Gasteiger charge is -2.11. The van der Waals surface area contributed by atoms with Crippen LogP contribution < -0.4 is 5.32 Å². The zero-order chi connectivity index (χ0) is 22.3. The molecule has 0 aliphatic rings. The van der Waals surface area contributed by atoms with E-state index >= 15 is 0 Å². The highest BCUT2D eigenvalue weighted by atomic mass is 16.5. The third kappa shape index (κ3) is 4.71. The summed E-state index contributed by atoms with van der Waals surface area (Å²) in [6, 6.07) is 24.5. The van der Waals surface area contributed by atoms with Crippen molar-refractivity contribution in [2.24, 2.45) is 0 Å². The highest BCUT2D eigenvalue weighted by molar-refractivity contribution is 5.99. The number of ether oxygens (including phenoxy) is 2. The number of amides is 1. The van der Waals surface area contributed by atoms with Crippen molar-refractivity contribution in [3.63, 3.8) is 0 Å². The van der Waals surface area contributed by atoms with Crippen LogP contribution in [0.5, 0.6) is 0 Å². The van der Waals surface area contributed by atoms with Gasteiger partial charge in [-0.2, -0.15) is 0 Å². The minimum atomic E-state index is -0.706. The van der Waals surface area contributed by atoms with E-state index in [4.69, 9.17) is 13.9 Å². The van der Waals surface area contributed by atoms with Gasteiger partial charge in [0.2, 0.25) is 5.76 Å². The molecule has 0 aliphatic carbocycles. The predicted octanol–water partition coefficient (Wildman–Crippen LogP) is 5.43. The molecule has 4 aromatic rings. The van der Waals surface area contributed by atoms with E-state index in [1.807, 2.05) is 79.7 Å². The first-order chi connectivity index (χ1) is 15.7. The molecule has 6 nitrogen and oxygen atoms in total. The lowest BCUT2D eigenvalue weighted by atomic mass is 10.0. The van der Waals surface area contributed by atoms with Gasteiger partial charge in [-0.3, -0.25) is 4.79 Å². The van der Waals surface area contributed by atoms with Crippen molar-refractivity contribution in [3.05, 3.63) is 90.2 Å². The second-order valence-corrected chi connectivity index (χ2v) is 7.08. The number of nitrogens with one attached hydrogen (secondary N) is 1. The number of carbonyl (C=O) groups excluding carboxylic acids is 2. The molecule has 0 saturated heterocycles. The maximum absolute atomic E-state index is 12.7. The topological polar surface area (TPSA) is 77.8 Å². The quantitative estimate of drug-likeness (QED) is 0.378. The van der Waals surface area contributed by atoms with Crippen molar-refractivity contribution >= 4 is 28.5 Å². The Morgan fingerprint density at radius 1 is 0.906 bits per heavy atom. The second kappa shape index (κ2) is 9.94. The van der Waals surface area contributed by atoms with Gasteiger partial charge in [0, 0.05) is 28.8 Å². The van der Waals surface area contributed by atoms with Gasteiger partial charge in [0.05, 0.1) is 6.61 Å². The fourth-order valence-corrected chi connectivity index (χ4v) is 3.46. The molecule has 1 amide bonds. The van der Waals surface area contributed by atoms with Crippen LogP contribution in [0.4, 0.5) is 5.69 Å². The summed E-state index contributed by atoms with van der Waals surface area (Å²) in [4.78, 5) is 25.2. The number of furan rings is 1. The van der Waals surface area contributed by atoms with Crippen molar-refractivity contribution in [3.8, 4) is 11.1 Å². The molecule has 0 radical (unpaired) electrons. The molecule has 0 saturated carbocycles. The Bertz CT molecular complexity index is 1230. The van der Waals surface area contributed by atoms with Crippen LogP contribution in [0.15, 0.2) is 83.3 Å². The fourth-order valence-electron chi connectivity index (χ4n) is 3.46. The minimum absolute atomic E-state index is 0.0529. The Balaban J connectivity index is 1.46. The van der Waals surface area contributed by atoms with E-state index in [1.165, 1.54) is 0 Å². The zero-order valence-corrected chi connectivity index (χ0v) is 17.7. The van der Waals surface area contributed by atoms with E-state index in [0.29, 0.717) is 23.4 Å². The Labute approximate surface area is 185 Å². The maximum Gasteiger partial charge on any atom is 0.375 e. The number of carbonyl (C=O) groups is 2. The van der Waals surface area contributed by atoms with Crippen molar-refractivity contribution in [2.45, 2.75) is 13.5 Å². The van der Waals surface area contributed by atoms with Crippen LogP contribution in [0.1, 0.15) is 23.0 Å². The molecule has 0 bridgehead atoms. The average molecular weight is 429 g/mol. The number of benzene rings is 3. The molecule has 1 aromatic heterocycles. The number of esters is 1. The molecule has 32 heavy (non-hydrogen) atoms. The summed E-state index contributed by atoms with van der Waals surface area (Å²) in [5.41, 5.74) is 3.67. The molecule has 6 heteroatoms. The Morgan fingerprint density at radius 2 is 1.62 bits per heavy atom. The molecule has 0 fully saturated rings. The van der Waals surface area contributed by atoms with Gasteiger partial charge in [0.25, 0.3) is 5.91 Å². The molecule has 4 rings (SSSR count). The molecule has 0 spiro atoms. The van der Waals surface area contributed by atoms with Crippen molar-refractivity contribution in [1.29, 1.82) is 0 Å². The number of rotatable bonds is 8. The minimum Gasteiger partial charge on any atom is -0.450 e.